The zero-order chi connectivity index (χ0) is 9.02. The molecule has 0 aliphatic carbocycles. The molecule has 0 aliphatic heterocycles. The van der Waals surface area contributed by atoms with Gasteiger partial charge < -0.3 is 22.2 Å². The Hall–Kier alpha value is -0.970. The number of hydrogen-bond acceptors (Lipinski definition) is 2. The molecule has 0 fully saturated rings. The Morgan fingerprint density at radius 3 is 1.33 bits per heavy atom. The van der Waals surface area contributed by atoms with Crippen molar-refractivity contribution < 1.29 is 12.4 Å². The SMILES string of the molecule is CN(C)C(=N)NC(=N)N(C)C.[Cl-]. The quantitative estimate of drug-likeness (QED) is 0.277. The van der Waals surface area contributed by atoms with Crippen LogP contribution in [0.1, 0.15) is 0 Å². The van der Waals surface area contributed by atoms with Crippen molar-refractivity contribution in [3.8, 4) is 0 Å². The fraction of sp³-hybridized carbons (Fsp3) is 0.667. The average molecular weight is 193 g/mol. The molecule has 0 rings (SSSR count). The molecule has 0 saturated heterocycles. The zero-order valence-corrected chi connectivity index (χ0v) is 8.53. The van der Waals surface area contributed by atoms with Crippen molar-refractivity contribution in [2.45, 2.75) is 0 Å². The highest BCUT2D eigenvalue weighted by Gasteiger charge is 2.02. The summed E-state index contributed by atoms with van der Waals surface area (Å²) in [6, 6.07) is 0. The van der Waals surface area contributed by atoms with E-state index in [1.807, 2.05) is 0 Å². The maximum Gasteiger partial charge on any atom is 0.197 e. The molecular weight excluding hydrogens is 178 g/mol. The lowest BCUT2D eigenvalue weighted by molar-refractivity contribution is -0.00000319. The van der Waals surface area contributed by atoms with Crippen LogP contribution < -0.4 is 17.7 Å². The number of hydrogen-bond donors (Lipinski definition) is 3. The van der Waals surface area contributed by atoms with Crippen LogP contribution in [0.15, 0.2) is 0 Å². The molecule has 0 saturated carbocycles. The summed E-state index contributed by atoms with van der Waals surface area (Å²) in [6.45, 7) is 0. The van der Waals surface area contributed by atoms with Gasteiger partial charge in [-0.15, -0.1) is 0 Å². The lowest BCUT2D eigenvalue weighted by Gasteiger charge is -2.19. The summed E-state index contributed by atoms with van der Waals surface area (Å²) in [5, 5.41) is 17.2. The van der Waals surface area contributed by atoms with E-state index in [1.54, 1.807) is 38.0 Å². The highest BCUT2D eigenvalue weighted by Crippen LogP contribution is 1.77. The van der Waals surface area contributed by atoms with E-state index in [1.165, 1.54) is 0 Å². The van der Waals surface area contributed by atoms with Crippen molar-refractivity contribution in [3.05, 3.63) is 0 Å². The zero-order valence-electron chi connectivity index (χ0n) is 7.77. The maximum atomic E-state index is 7.31. The van der Waals surface area contributed by atoms with Gasteiger partial charge in [0.2, 0.25) is 0 Å². The molecule has 0 aliphatic rings. The van der Waals surface area contributed by atoms with E-state index < -0.39 is 0 Å². The summed E-state index contributed by atoms with van der Waals surface area (Å²) in [6.07, 6.45) is 0. The summed E-state index contributed by atoms with van der Waals surface area (Å²) in [4.78, 5) is 3.19. The predicted octanol–water partition coefficient (Wildman–Crippen LogP) is -3.43. The van der Waals surface area contributed by atoms with Crippen LogP contribution in [-0.4, -0.2) is 49.9 Å². The van der Waals surface area contributed by atoms with Gasteiger partial charge in [-0.3, -0.25) is 16.1 Å². The molecule has 0 heterocycles. The first kappa shape index (κ1) is 13.6. The van der Waals surface area contributed by atoms with Gasteiger partial charge in [0, 0.05) is 28.2 Å². The molecule has 72 valence electrons. The normalized spacial score (nSPS) is 8.00. The molecule has 0 aromatic heterocycles. The highest BCUT2D eigenvalue weighted by atomic mass is 35.5. The van der Waals surface area contributed by atoms with E-state index in [0.29, 0.717) is 0 Å². The molecule has 0 aromatic carbocycles. The fourth-order valence-electron chi connectivity index (χ4n) is 0.336. The fourth-order valence-corrected chi connectivity index (χ4v) is 0.336. The molecule has 0 aromatic rings. The minimum Gasteiger partial charge on any atom is -1.00 e. The molecule has 0 atom stereocenters. The van der Waals surface area contributed by atoms with Gasteiger partial charge >= 0.3 is 0 Å². The highest BCUT2D eigenvalue weighted by molar-refractivity contribution is 5.95. The topological polar surface area (TPSA) is 66.2 Å². The van der Waals surface area contributed by atoms with Gasteiger partial charge in [0.15, 0.2) is 11.9 Å². The molecule has 0 unspecified atom stereocenters. The maximum absolute atomic E-state index is 7.31. The smallest absolute Gasteiger partial charge is 0.197 e. The summed E-state index contributed by atoms with van der Waals surface area (Å²) in [5.41, 5.74) is 0. The number of halogens is 1. The monoisotopic (exact) mass is 192 g/mol. The van der Waals surface area contributed by atoms with E-state index in [9.17, 15) is 0 Å². The number of nitrogens with one attached hydrogen (secondary N) is 3. The van der Waals surface area contributed by atoms with Crippen LogP contribution in [0.2, 0.25) is 0 Å². The Morgan fingerprint density at radius 1 is 0.917 bits per heavy atom. The van der Waals surface area contributed by atoms with Crippen molar-refractivity contribution in [1.82, 2.24) is 15.1 Å². The van der Waals surface area contributed by atoms with Crippen molar-refractivity contribution >= 4 is 11.9 Å². The second kappa shape index (κ2) is 5.65. The third kappa shape index (κ3) is 4.79. The number of guanidine groups is 2. The first-order chi connectivity index (χ1) is 4.95. The van der Waals surface area contributed by atoms with E-state index >= 15 is 0 Å². The summed E-state index contributed by atoms with van der Waals surface area (Å²) < 4.78 is 0. The van der Waals surface area contributed by atoms with E-state index in [4.69, 9.17) is 10.8 Å². The molecule has 0 amide bonds. The second-order valence-corrected chi connectivity index (χ2v) is 2.61. The summed E-state index contributed by atoms with van der Waals surface area (Å²) in [7, 11) is 6.99. The van der Waals surface area contributed by atoms with Crippen molar-refractivity contribution in [2.24, 2.45) is 0 Å². The van der Waals surface area contributed by atoms with Crippen molar-refractivity contribution in [2.75, 3.05) is 28.2 Å². The van der Waals surface area contributed by atoms with Crippen LogP contribution in [0.25, 0.3) is 0 Å². The average Bonchev–Trinajstić information content (AvgIpc) is 1.87. The van der Waals surface area contributed by atoms with Gasteiger partial charge in [-0.25, -0.2) is 0 Å². The first-order valence-corrected chi connectivity index (χ1v) is 3.24. The largest absolute Gasteiger partial charge is 1.00 e. The van der Waals surface area contributed by atoms with Gasteiger partial charge in [0.05, 0.1) is 0 Å². The third-order valence-electron chi connectivity index (χ3n) is 1.13. The molecule has 3 N–H and O–H groups in total. The second-order valence-electron chi connectivity index (χ2n) is 2.61. The Kier molecular flexibility index (Phi) is 6.41. The van der Waals surface area contributed by atoms with Crippen LogP contribution in [-0.2, 0) is 0 Å². The lowest BCUT2D eigenvalue weighted by Crippen LogP contribution is -3.00. The molecule has 12 heavy (non-hydrogen) atoms. The van der Waals surface area contributed by atoms with E-state index in [-0.39, 0.29) is 24.3 Å². The van der Waals surface area contributed by atoms with Crippen LogP contribution >= 0.6 is 0 Å². The van der Waals surface area contributed by atoms with E-state index in [0.717, 1.165) is 0 Å². The molecule has 0 radical (unpaired) electrons. The molecule has 5 nitrogen and oxygen atoms in total. The van der Waals surface area contributed by atoms with Crippen LogP contribution in [0, 0.1) is 10.8 Å². The molecular formula is C6H15ClN5-. The summed E-state index contributed by atoms with van der Waals surface area (Å²) >= 11 is 0. The van der Waals surface area contributed by atoms with Gasteiger partial charge in [-0.1, -0.05) is 0 Å². The molecule has 0 bridgehead atoms. The summed E-state index contributed by atoms with van der Waals surface area (Å²) in [5.74, 6) is 0.424. The Balaban J connectivity index is 0. The Labute approximate surface area is 79.2 Å². The standard InChI is InChI=1S/C6H15N5.ClH/c1-10(2)5(7)9-6(8)11(3)4;/h1-4H3,(H3,7,8,9);1H/p-1. The Morgan fingerprint density at radius 2 is 1.17 bits per heavy atom. The van der Waals surface area contributed by atoms with Crippen LogP contribution in [0.3, 0.4) is 0 Å². The van der Waals surface area contributed by atoms with Crippen molar-refractivity contribution in [3.63, 3.8) is 0 Å². The minimum absolute atomic E-state index is 0. The van der Waals surface area contributed by atoms with Gasteiger partial charge in [-0.2, -0.15) is 0 Å². The molecule has 6 heteroatoms. The lowest BCUT2D eigenvalue weighted by atomic mass is 10.7. The van der Waals surface area contributed by atoms with E-state index in [2.05, 4.69) is 5.32 Å². The van der Waals surface area contributed by atoms with Gasteiger partial charge in [0.1, 0.15) is 0 Å². The van der Waals surface area contributed by atoms with Gasteiger partial charge in [-0.05, 0) is 0 Å². The number of nitrogens with zero attached hydrogens (tertiary/aromatic N) is 2. The third-order valence-corrected chi connectivity index (χ3v) is 1.13. The number of rotatable bonds is 0. The Bertz CT molecular complexity index is 147. The minimum atomic E-state index is 0. The predicted molar refractivity (Wildman–Crippen MR) is 46.0 cm³/mol. The van der Waals surface area contributed by atoms with Crippen LogP contribution in [0.5, 0.6) is 0 Å². The first-order valence-electron chi connectivity index (χ1n) is 3.24. The van der Waals surface area contributed by atoms with Crippen molar-refractivity contribution in [1.29, 1.82) is 10.8 Å². The molecule has 0 spiro atoms. The van der Waals surface area contributed by atoms with Gasteiger partial charge in [0.25, 0.3) is 0 Å². The van der Waals surface area contributed by atoms with Crippen LogP contribution in [0.4, 0.5) is 0 Å².